The molecule has 7 nitrogen and oxygen atoms in total. The largest absolute Gasteiger partial charge is 0.445 e. The van der Waals surface area contributed by atoms with Crippen molar-refractivity contribution in [3.05, 3.63) is 52.3 Å². The van der Waals surface area contributed by atoms with Crippen molar-refractivity contribution in [3.8, 4) is 5.69 Å². The first-order chi connectivity index (χ1) is 13.6. The van der Waals surface area contributed by atoms with Crippen LogP contribution in [0.1, 0.15) is 47.8 Å². The number of hydrogen-bond acceptors (Lipinski definition) is 4. The zero-order valence-corrected chi connectivity index (χ0v) is 16.6. The molecule has 1 aliphatic rings. The van der Waals surface area contributed by atoms with E-state index in [-0.39, 0.29) is 13.2 Å². The van der Waals surface area contributed by atoms with Crippen LogP contribution in [-0.2, 0) is 35.5 Å². The summed E-state index contributed by atoms with van der Waals surface area (Å²) in [6.45, 7) is 2.44. The SMILES string of the molecule is CCCCc1c(COC(=O)NC)c(COC(=O)NC)c2n1-c1ccccc1C2. The Labute approximate surface area is 165 Å². The minimum Gasteiger partial charge on any atom is -0.445 e. The van der Waals surface area contributed by atoms with Crippen LogP contribution in [0.2, 0.25) is 0 Å². The molecule has 2 N–H and O–H groups in total. The van der Waals surface area contributed by atoms with Gasteiger partial charge in [0.1, 0.15) is 13.2 Å². The summed E-state index contributed by atoms with van der Waals surface area (Å²) in [4.78, 5) is 23.3. The summed E-state index contributed by atoms with van der Waals surface area (Å²) in [5, 5.41) is 4.96. The van der Waals surface area contributed by atoms with Crippen LogP contribution < -0.4 is 10.6 Å². The van der Waals surface area contributed by atoms with Gasteiger partial charge < -0.3 is 24.7 Å². The number of amides is 2. The van der Waals surface area contributed by atoms with Crippen molar-refractivity contribution in [1.82, 2.24) is 15.2 Å². The summed E-state index contributed by atoms with van der Waals surface area (Å²) in [6, 6.07) is 8.29. The number of ether oxygens (including phenoxy) is 2. The summed E-state index contributed by atoms with van der Waals surface area (Å²) in [5.74, 6) is 0. The molecule has 0 radical (unpaired) electrons. The second-order valence-electron chi connectivity index (χ2n) is 6.75. The standard InChI is InChI=1S/C21H27N3O4/c1-4-5-9-18-15(12-27-20(25)22-2)16(13-28-21(26)23-3)19-11-14-8-6-7-10-17(14)24(18)19/h6-8,10H,4-5,9,11-13H2,1-3H3,(H,22,25)(H,23,26). The Bertz CT molecular complexity index is 873. The number of carbonyl (C=O) groups is 2. The van der Waals surface area contributed by atoms with E-state index in [0.717, 1.165) is 53.9 Å². The summed E-state index contributed by atoms with van der Waals surface area (Å²) < 4.78 is 13.0. The number of benzene rings is 1. The molecule has 0 saturated carbocycles. The van der Waals surface area contributed by atoms with E-state index in [9.17, 15) is 9.59 Å². The molecule has 2 aromatic rings. The van der Waals surface area contributed by atoms with Crippen molar-refractivity contribution in [2.45, 2.75) is 45.8 Å². The Hall–Kier alpha value is -2.96. The Balaban J connectivity index is 2.06. The van der Waals surface area contributed by atoms with Crippen LogP contribution in [-0.4, -0.2) is 30.8 Å². The number of aromatic nitrogens is 1. The first-order valence-electron chi connectivity index (χ1n) is 9.62. The summed E-state index contributed by atoms with van der Waals surface area (Å²) in [6.07, 6.45) is 2.75. The Kier molecular flexibility index (Phi) is 6.23. The quantitative estimate of drug-likeness (QED) is 0.653. The van der Waals surface area contributed by atoms with Gasteiger partial charge in [0.05, 0.1) is 0 Å². The first-order valence-corrected chi connectivity index (χ1v) is 9.62. The highest BCUT2D eigenvalue weighted by Gasteiger charge is 2.30. The second kappa shape index (κ2) is 8.82. The van der Waals surface area contributed by atoms with Gasteiger partial charge in [0.25, 0.3) is 0 Å². The molecule has 0 saturated heterocycles. The molecule has 1 aromatic heterocycles. The molecular weight excluding hydrogens is 358 g/mol. The van der Waals surface area contributed by atoms with E-state index < -0.39 is 12.2 Å². The molecule has 2 amide bonds. The number of hydrogen-bond donors (Lipinski definition) is 2. The van der Waals surface area contributed by atoms with Gasteiger partial charge in [-0.15, -0.1) is 0 Å². The number of fused-ring (bicyclic) bond motifs is 3. The number of nitrogens with zero attached hydrogens (tertiary/aromatic N) is 1. The van der Waals surface area contributed by atoms with Crippen molar-refractivity contribution in [2.24, 2.45) is 0 Å². The van der Waals surface area contributed by atoms with Gasteiger partial charge in [0.15, 0.2) is 0 Å². The highest BCUT2D eigenvalue weighted by Crippen LogP contribution is 2.37. The van der Waals surface area contributed by atoms with Crippen LogP contribution in [0.4, 0.5) is 9.59 Å². The normalized spacial score (nSPS) is 11.5. The van der Waals surface area contributed by atoms with Gasteiger partial charge in [-0.1, -0.05) is 31.5 Å². The minimum absolute atomic E-state index is 0.140. The van der Waals surface area contributed by atoms with Crippen LogP contribution in [0.15, 0.2) is 24.3 Å². The molecule has 7 heteroatoms. The third-order valence-corrected chi connectivity index (χ3v) is 5.06. The highest BCUT2D eigenvalue weighted by molar-refractivity contribution is 5.68. The van der Waals surface area contributed by atoms with Crippen molar-refractivity contribution in [2.75, 3.05) is 14.1 Å². The van der Waals surface area contributed by atoms with Crippen LogP contribution in [0, 0.1) is 0 Å². The minimum atomic E-state index is -0.483. The number of carbonyl (C=O) groups excluding carboxylic acids is 2. The van der Waals surface area contributed by atoms with Crippen molar-refractivity contribution in [3.63, 3.8) is 0 Å². The summed E-state index contributed by atoms with van der Waals surface area (Å²) >= 11 is 0. The maximum atomic E-state index is 11.7. The monoisotopic (exact) mass is 385 g/mol. The lowest BCUT2D eigenvalue weighted by molar-refractivity contribution is 0.134. The fraction of sp³-hybridized carbons (Fsp3) is 0.429. The van der Waals surface area contributed by atoms with Gasteiger partial charge >= 0.3 is 12.2 Å². The van der Waals surface area contributed by atoms with Crippen molar-refractivity contribution >= 4 is 12.2 Å². The van der Waals surface area contributed by atoms with E-state index in [0.29, 0.717) is 0 Å². The van der Waals surface area contributed by atoms with Gasteiger partial charge in [-0.2, -0.15) is 0 Å². The zero-order valence-electron chi connectivity index (χ0n) is 16.6. The van der Waals surface area contributed by atoms with E-state index in [1.54, 1.807) is 0 Å². The molecule has 0 fully saturated rings. The zero-order chi connectivity index (χ0) is 20.1. The third kappa shape index (κ3) is 3.83. The lowest BCUT2D eigenvalue weighted by Crippen LogP contribution is -2.21. The number of para-hydroxylation sites is 1. The molecular formula is C21H27N3O4. The van der Waals surface area contributed by atoms with E-state index in [2.05, 4.69) is 34.3 Å². The average molecular weight is 385 g/mol. The predicted molar refractivity (Wildman–Crippen MR) is 106 cm³/mol. The fourth-order valence-corrected chi connectivity index (χ4v) is 3.68. The number of alkyl carbamates (subject to hydrolysis) is 2. The van der Waals surface area contributed by atoms with E-state index >= 15 is 0 Å². The maximum absolute atomic E-state index is 11.7. The molecule has 1 aliphatic heterocycles. The molecule has 0 atom stereocenters. The maximum Gasteiger partial charge on any atom is 0.407 e. The Morgan fingerprint density at radius 3 is 2.32 bits per heavy atom. The molecule has 0 bridgehead atoms. The smallest absolute Gasteiger partial charge is 0.407 e. The average Bonchev–Trinajstić information content (AvgIpc) is 3.22. The van der Waals surface area contributed by atoms with Gasteiger partial charge in [-0.25, -0.2) is 9.59 Å². The summed E-state index contributed by atoms with van der Waals surface area (Å²) in [7, 11) is 3.07. The highest BCUT2D eigenvalue weighted by atomic mass is 16.6. The van der Waals surface area contributed by atoms with Gasteiger partial charge in [-0.05, 0) is 24.5 Å². The molecule has 0 spiro atoms. The Morgan fingerprint density at radius 1 is 1.04 bits per heavy atom. The molecule has 2 heterocycles. The molecule has 28 heavy (non-hydrogen) atoms. The molecule has 1 aromatic carbocycles. The van der Waals surface area contributed by atoms with Crippen LogP contribution >= 0.6 is 0 Å². The van der Waals surface area contributed by atoms with E-state index in [4.69, 9.17) is 9.47 Å². The van der Waals surface area contributed by atoms with Gasteiger partial charge in [0, 0.05) is 48.7 Å². The summed E-state index contributed by atoms with van der Waals surface area (Å²) in [5.41, 5.74) is 6.49. The molecule has 3 rings (SSSR count). The van der Waals surface area contributed by atoms with Crippen molar-refractivity contribution < 1.29 is 19.1 Å². The second-order valence-corrected chi connectivity index (χ2v) is 6.75. The van der Waals surface area contributed by atoms with E-state index in [1.807, 2.05) is 12.1 Å². The van der Waals surface area contributed by atoms with Crippen molar-refractivity contribution in [1.29, 1.82) is 0 Å². The predicted octanol–water partition coefficient (Wildman–Crippen LogP) is 3.44. The lowest BCUT2D eigenvalue weighted by Gasteiger charge is -2.13. The third-order valence-electron chi connectivity index (χ3n) is 5.06. The fourth-order valence-electron chi connectivity index (χ4n) is 3.68. The number of nitrogens with one attached hydrogen (secondary N) is 2. The van der Waals surface area contributed by atoms with Gasteiger partial charge in [0.2, 0.25) is 0 Å². The number of rotatable bonds is 7. The molecule has 150 valence electrons. The Morgan fingerprint density at radius 2 is 1.68 bits per heavy atom. The van der Waals surface area contributed by atoms with Crippen LogP contribution in [0.3, 0.4) is 0 Å². The molecule has 0 aliphatic carbocycles. The molecule has 0 unspecified atom stereocenters. The van der Waals surface area contributed by atoms with Gasteiger partial charge in [-0.3, -0.25) is 0 Å². The lowest BCUT2D eigenvalue weighted by atomic mass is 10.0. The van der Waals surface area contributed by atoms with Crippen LogP contribution in [0.5, 0.6) is 0 Å². The van der Waals surface area contributed by atoms with E-state index in [1.165, 1.54) is 19.7 Å². The topological polar surface area (TPSA) is 81.6 Å². The van der Waals surface area contributed by atoms with Crippen LogP contribution in [0.25, 0.3) is 5.69 Å². The number of unbranched alkanes of at least 4 members (excludes halogenated alkanes) is 1. The first kappa shape index (κ1) is 19.8.